The first-order valence-corrected chi connectivity index (χ1v) is 3.92. The molecule has 0 radical (unpaired) electrons. The Hall–Kier alpha value is -1.12. The lowest BCUT2D eigenvalue weighted by Gasteiger charge is -1.87. The van der Waals surface area contributed by atoms with Crippen molar-refractivity contribution in [2.45, 2.75) is 19.8 Å². The molecule has 60 valence electrons. The number of nitrogens with one attached hydrogen (secondary N) is 1. The maximum atomic E-state index is 4.18. The molecule has 0 aromatic carbocycles. The third kappa shape index (κ3) is 2.98. The average Bonchev–Trinajstić information content (AvgIpc) is 2.50. The Morgan fingerprint density at radius 3 is 3.27 bits per heavy atom. The summed E-state index contributed by atoms with van der Waals surface area (Å²) in [7, 11) is 0. The standard InChI is InChI=1S/C8H13N3/c1-2-3-4-9-7-8-10-5-6-11-8/h5-7H,2-4H2,1H3,(H,10,11). The topological polar surface area (TPSA) is 41.0 Å². The van der Waals surface area contributed by atoms with Gasteiger partial charge in [0, 0.05) is 18.9 Å². The zero-order valence-electron chi connectivity index (χ0n) is 6.75. The fourth-order valence-electron chi connectivity index (χ4n) is 0.749. The molecular weight excluding hydrogens is 138 g/mol. The van der Waals surface area contributed by atoms with Crippen molar-refractivity contribution in [1.29, 1.82) is 0 Å². The van der Waals surface area contributed by atoms with E-state index in [9.17, 15) is 0 Å². The Morgan fingerprint density at radius 1 is 1.73 bits per heavy atom. The maximum absolute atomic E-state index is 4.18. The molecule has 0 spiro atoms. The molecule has 0 bridgehead atoms. The third-order valence-electron chi connectivity index (χ3n) is 1.37. The molecule has 0 atom stereocenters. The van der Waals surface area contributed by atoms with Crippen molar-refractivity contribution in [3.05, 3.63) is 18.2 Å². The van der Waals surface area contributed by atoms with Gasteiger partial charge in [0.05, 0.1) is 6.21 Å². The summed E-state index contributed by atoms with van der Waals surface area (Å²) in [5.41, 5.74) is 0. The molecule has 1 heterocycles. The number of imidazole rings is 1. The molecule has 0 saturated carbocycles. The SMILES string of the molecule is CCCCN=Cc1ncc[nH]1. The van der Waals surface area contributed by atoms with E-state index in [4.69, 9.17) is 0 Å². The second kappa shape index (κ2) is 4.66. The second-order valence-electron chi connectivity index (χ2n) is 2.36. The molecule has 1 rings (SSSR count). The Kier molecular flexibility index (Phi) is 3.38. The van der Waals surface area contributed by atoms with Gasteiger partial charge in [0.2, 0.25) is 0 Å². The number of aromatic amines is 1. The van der Waals surface area contributed by atoms with Gasteiger partial charge in [-0.2, -0.15) is 0 Å². The monoisotopic (exact) mass is 151 g/mol. The van der Waals surface area contributed by atoms with Crippen molar-refractivity contribution in [2.24, 2.45) is 4.99 Å². The van der Waals surface area contributed by atoms with Crippen molar-refractivity contribution >= 4 is 6.21 Å². The summed E-state index contributed by atoms with van der Waals surface area (Å²) in [6.45, 7) is 3.06. The lowest BCUT2D eigenvalue weighted by atomic mass is 10.3. The van der Waals surface area contributed by atoms with E-state index in [1.54, 1.807) is 18.6 Å². The Bertz CT molecular complexity index is 201. The van der Waals surface area contributed by atoms with Gasteiger partial charge in [-0.3, -0.25) is 4.99 Å². The summed E-state index contributed by atoms with van der Waals surface area (Å²) in [6.07, 6.45) is 7.63. The normalized spacial score (nSPS) is 11.0. The molecule has 1 N–H and O–H groups in total. The summed E-state index contributed by atoms with van der Waals surface area (Å²) in [5.74, 6) is 0.834. The van der Waals surface area contributed by atoms with E-state index < -0.39 is 0 Å². The zero-order chi connectivity index (χ0) is 7.94. The van der Waals surface area contributed by atoms with E-state index in [1.807, 2.05) is 0 Å². The zero-order valence-corrected chi connectivity index (χ0v) is 6.75. The Morgan fingerprint density at radius 2 is 2.64 bits per heavy atom. The molecule has 3 heteroatoms. The van der Waals surface area contributed by atoms with Crippen LogP contribution in [0.15, 0.2) is 17.4 Å². The molecule has 0 saturated heterocycles. The molecule has 0 fully saturated rings. The summed E-state index contributed by atoms with van der Waals surface area (Å²) < 4.78 is 0. The highest BCUT2D eigenvalue weighted by atomic mass is 14.9. The molecule has 11 heavy (non-hydrogen) atoms. The van der Waals surface area contributed by atoms with Gasteiger partial charge in [-0.1, -0.05) is 13.3 Å². The fraction of sp³-hybridized carbons (Fsp3) is 0.500. The quantitative estimate of drug-likeness (QED) is 0.515. The van der Waals surface area contributed by atoms with E-state index >= 15 is 0 Å². The smallest absolute Gasteiger partial charge is 0.147 e. The van der Waals surface area contributed by atoms with E-state index in [1.165, 1.54) is 6.42 Å². The van der Waals surface area contributed by atoms with Gasteiger partial charge >= 0.3 is 0 Å². The van der Waals surface area contributed by atoms with Gasteiger partial charge in [-0.15, -0.1) is 0 Å². The minimum atomic E-state index is 0.834. The van der Waals surface area contributed by atoms with Crippen LogP contribution in [0.1, 0.15) is 25.6 Å². The van der Waals surface area contributed by atoms with Gasteiger partial charge in [-0.25, -0.2) is 4.98 Å². The average molecular weight is 151 g/mol. The van der Waals surface area contributed by atoms with Gasteiger partial charge < -0.3 is 4.98 Å². The Balaban J connectivity index is 2.25. The van der Waals surface area contributed by atoms with Crippen molar-refractivity contribution in [1.82, 2.24) is 9.97 Å². The van der Waals surface area contributed by atoms with Crippen LogP contribution in [-0.2, 0) is 0 Å². The summed E-state index contributed by atoms with van der Waals surface area (Å²) >= 11 is 0. The summed E-state index contributed by atoms with van der Waals surface area (Å²) in [5, 5.41) is 0. The lowest BCUT2D eigenvalue weighted by molar-refractivity contribution is 0.810. The molecule has 0 unspecified atom stereocenters. The molecule has 1 aromatic heterocycles. The van der Waals surface area contributed by atoms with Gasteiger partial charge in [0.15, 0.2) is 0 Å². The molecule has 0 aliphatic carbocycles. The lowest BCUT2D eigenvalue weighted by Crippen LogP contribution is -1.85. The first kappa shape index (κ1) is 7.98. The van der Waals surface area contributed by atoms with Crippen molar-refractivity contribution in [2.75, 3.05) is 6.54 Å². The molecule has 0 aliphatic rings. The summed E-state index contributed by atoms with van der Waals surface area (Å²) in [6, 6.07) is 0. The van der Waals surface area contributed by atoms with Crippen LogP contribution >= 0.6 is 0 Å². The van der Waals surface area contributed by atoms with Crippen LogP contribution in [0, 0.1) is 0 Å². The molecule has 1 aromatic rings. The van der Waals surface area contributed by atoms with E-state index in [2.05, 4.69) is 21.9 Å². The van der Waals surface area contributed by atoms with Crippen LogP contribution < -0.4 is 0 Å². The Labute approximate surface area is 66.6 Å². The van der Waals surface area contributed by atoms with E-state index in [-0.39, 0.29) is 0 Å². The minimum absolute atomic E-state index is 0.834. The number of aliphatic imine (C=N–C) groups is 1. The number of hydrogen-bond acceptors (Lipinski definition) is 2. The largest absolute Gasteiger partial charge is 0.344 e. The van der Waals surface area contributed by atoms with Crippen LogP contribution in [-0.4, -0.2) is 22.7 Å². The van der Waals surface area contributed by atoms with Crippen molar-refractivity contribution in [3.8, 4) is 0 Å². The van der Waals surface area contributed by atoms with E-state index in [0.717, 1.165) is 18.8 Å². The van der Waals surface area contributed by atoms with Gasteiger partial charge in [0.1, 0.15) is 5.82 Å². The number of aromatic nitrogens is 2. The van der Waals surface area contributed by atoms with Crippen LogP contribution in [0.5, 0.6) is 0 Å². The van der Waals surface area contributed by atoms with Crippen LogP contribution in [0.4, 0.5) is 0 Å². The number of rotatable bonds is 4. The number of hydrogen-bond donors (Lipinski definition) is 1. The van der Waals surface area contributed by atoms with Crippen LogP contribution in [0.3, 0.4) is 0 Å². The van der Waals surface area contributed by atoms with Gasteiger partial charge in [-0.05, 0) is 6.42 Å². The van der Waals surface area contributed by atoms with Crippen molar-refractivity contribution < 1.29 is 0 Å². The van der Waals surface area contributed by atoms with Gasteiger partial charge in [0.25, 0.3) is 0 Å². The number of H-pyrrole nitrogens is 1. The van der Waals surface area contributed by atoms with Crippen LogP contribution in [0.2, 0.25) is 0 Å². The van der Waals surface area contributed by atoms with Crippen LogP contribution in [0.25, 0.3) is 0 Å². The predicted molar refractivity (Wildman–Crippen MR) is 46.0 cm³/mol. The number of nitrogens with zero attached hydrogens (tertiary/aromatic N) is 2. The minimum Gasteiger partial charge on any atom is -0.344 e. The third-order valence-corrected chi connectivity index (χ3v) is 1.37. The maximum Gasteiger partial charge on any atom is 0.147 e. The highest BCUT2D eigenvalue weighted by Gasteiger charge is 1.84. The first-order chi connectivity index (χ1) is 5.43. The summed E-state index contributed by atoms with van der Waals surface area (Å²) in [4.78, 5) is 11.1. The van der Waals surface area contributed by atoms with E-state index in [0.29, 0.717) is 0 Å². The highest BCUT2D eigenvalue weighted by Crippen LogP contribution is 1.87. The molecule has 0 aliphatic heterocycles. The second-order valence-corrected chi connectivity index (χ2v) is 2.36. The number of unbranched alkanes of at least 4 members (excludes halogenated alkanes) is 1. The fourth-order valence-corrected chi connectivity index (χ4v) is 0.749. The molecular formula is C8H13N3. The molecule has 3 nitrogen and oxygen atoms in total. The predicted octanol–water partition coefficient (Wildman–Crippen LogP) is 1.63. The first-order valence-electron chi connectivity index (χ1n) is 3.92. The highest BCUT2D eigenvalue weighted by molar-refractivity contribution is 5.74. The van der Waals surface area contributed by atoms with Crippen molar-refractivity contribution in [3.63, 3.8) is 0 Å². The molecule has 0 amide bonds.